The molecule has 4 aromatic carbocycles. The van der Waals surface area contributed by atoms with Gasteiger partial charge in [-0.2, -0.15) is 4.58 Å². The van der Waals surface area contributed by atoms with Crippen LogP contribution in [0.3, 0.4) is 0 Å². The van der Waals surface area contributed by atoms with Crippen LogP contribution < -0.4 is 4.90 Å². The average Bonchev–Trinajstić information content (AvgIpc) is 3.41. The Balaban J connectivity index is 1.32. The summed E-state index contributed by atoms with van der Waals surface area (Å²) in [5.74, 6) is -1.23. The fourth-order valence-corrected chi connectivity index (χ4v) is 7.23. The molecule has 0 amide bonds. The summed E-state index contributed by atoms with van der Waals surface area (Å²) < 4.78 is 2.12. The predicted octanol–water partition coefficient (Wildman–Crippen LogP) is 8.16. The Hall–Kier alpha value is -5.49. The van der Waals surface area contributed by atoms with Crippen LogP contribution in [-0.4, -0.2) is 32.3 Å². The largest absolute Gasteiger partial charge is 0.506 e. The Morgan fingerprint density at radius 3 is 2.09 bits per heavy atom. The van der Waals surface area contributed by atoms with E-state index in [0.29, 0.717) is 18.7 Å². The molecule has 2 heterocycles. The maximum absolute atomic E-state index is 13.9. The lowest BCUT2D eigenvalue weighted by Gasteiger charge is -2.29. The van der Waals surface area contributed by atoms with Gasteiger partial charge in [-0.05, 0) is 49.2 Å². The number of carboxylic acids is 1. The molecule has 4 aromatic rings. The van der Waals surface area contributed by atoms with Crippen molar-refractivity contribution in [2.45, 2.75) is 51.6 Å². The monoisotopic (exact) mass is 621 g/mol. The summed E-state index contributed by atoms with van der Waals surface area (Å²) in [7, 11) is 0. The first-order chi connectivity index (χ1) is 22.5. The molecule has 234 valence electrons. The van der Waals surface area contributed by atoms with E-state index in [-0.39, 0.29) is 22.7 Å². The molecule has 0 bridgehead atoms. The zero-order valence-corrected chi connectivity index (χ0v) is 27.0. The predicted molar refractivity (Wildman–Crippen MR) is 184 cm³/mol. The summed E-state index contributed by atoms with van der Waals surface area (Å²) in [6, 6.07) is 33.7. The van der Waals surface area contributed by atoms with E-state index in [1.807, 2.05) is 86.7 Å². The van der Waals surface area contributed by atoms with Crippen molar-refractivity contribution in [1.29, 1.82) is 0 Å². The minimum Gasteiger partial charge on any atom is -0.506 e. The summed E-state index contributed by atoms with van der Waals surface area (Å²) in [6.07, 6.45) is 3.65. The lowest BCUT2D eigenvalue weighted by atomic mass is 9.77. The molecule has 0 aromatic heterocycles. The highest BCUT2D eigenvalue weighted by Crippen LogP contribution is 2.50. The Morgan fingerprint density at radius 1 is 0.787 bits per heavy atom. The third-order valence-electron chi connectivity index (χ3n) is 9.87. The van der Waals surface area contributed by atoms with Crippen LogP contribution in [0.15, 0.2) is 138 Å². The first-order valence-corrected chi connectivity index (χ1v) is 15.9. The molecule has 1 aliphatic carbocycles. The van der Waals surface area contributed by atoms with Crippen molar-refractivity contribution in [2.75, 3.05) is 4.90 Å². The molecule has 7 rings (SSSR count). The maximum atomic E-state index is 13.9. The smallest absolute Gasteiger partial charge is 0.335 e. The van der Waals surface area contributed by atoms with E-state index in [0.717, 1.165) is 39.5 Å². The number of aliphatic hydroxyl groups is 1. The van der Waals surface area contributed by atoms with Crippen LogP contribution in [0.4, 0.5) is 11.4 Å². The zero-order valence-electron chi connectivity index (χ0n) is 27.0. The van der Waals surface area contributed by atoms with Crippen molar-refractivity contribution in [3.63, 3.8) is 0 Å². The van der Waals surface area contributed by atoms with Crippen LogP contribution in [0.1, 0.15) is 60.3 Å². The summed E-state index contributed by atoms with van der Waals surface area (Å²) in [5.41, 5.74) is 7.73. The number of Topliss-reactive ketones (excluding diaryl/α,β-unsaturated/α-hetero) is 1. The number of nitrogens with zero attached hydrogens (tertiary/aromatic N) is 2. The van der Waals surface area contributed by atoms with Crippen molar-refractivity contribution >= 4 is 28.8 Å². The minimum atomic E-state index is -0.990. The first kappa shape index (κ1) is 30.2. The van der Waals surface area contributed by atoms with Crippen LogP contribution in [0, 0.1) is 0 Å². The van der Waals surface area contributed by atoms with Gasteiger partial charge < -0.3 is 15.1 Å². The molecule has 6 heteroatoms. The average molecular weight is 622 g/mol. The van der Waals surface area contributed by atoms with E-state index < -0.39 is 16.8 Å². The number of benzene rings is 4. The third-order valence-corrected chi connectivity index (χ3v) is 9.87. The second-order valence-electron chi connectivity index (χ2n) is 13.5. The number of para-hydroxylation sites is 1. The number of fused-ring (bicyclic) bond motifs is 2. The van der Waals surface area contributed by atoms with Crippen LogP contribution in [-0.2, 0) is 28.7 Å². The van der Waals surface area contributed by atoms with Gasteiger partial charge in [0.25, 0.3) is 0 Å². The SMILES string of the molecule is CC1(C)C(/C=C2/C(=O)C(/C=C3/N(Cc4ccccc4)c4ccccc4C3(C)C)=C2O)=[N+](Cc2ccccc2)c2ccc(C(=O)O)cc21. The van der Waals surface area contributed by atoms with Crippen LogP contribution in [0.25, 0.3) is 0 Å². The summed E-state index contributed by atoms with van der Waals surface area (Å²) >= 11 is 0. The van der Waals surface area contributed by atoms with Gasteiger partial charge in [0.05, 0.1) is 22.1 Å². The normalized spacial score (nSPS) is 19.3. The van der Waals surface area contributed by atoms with E-state index in [1.165, 1.54) is 5.56 Å². The number of carboxylic acid groups (broad SMARTS) is 1. The Kier molecular flexibility index (Phi) is 7.12. The molecule has 0 atom stereocenters. The van der Waals surface area contributed by atoms with Crippen molar-refractivity contribution in [3.05, 3.63) is 166 Å². The number of hydrogen-bond donors (Lipinski definition) is 2. The Bertz CT molecular complexity index is 2080. The number of anilines is 1. The number of aliphatic hydroxyl groups excluding tert-OH is 1. The number of carbonyl (C=O) groups excluding carboxylic acids is 1. The first-order valence-electron chi connectivity index (χ1n) is 15.9. The molecule has 0 unspecified atom stereocenters. The van der Waals surface area contributed by atoms with E-state index in [2.05, 4.69) is 47.6 Å². The van der Waals surface area contributed by atoms with Crippen molar-refractivity contribution in [2.24, 2.45) is 0 Å². The molecule has 6 nitrogen and oxygen atoms in total. The molecule has 0 spiro atoms. The minimum absolute atomic E-state index is 0.0286. The van der Waals surface area contributed by atoms with Gasteiger partial charge in [-0.25, -0.2) is 4.79 Å². The Morgan fingerprint density at radius 2 is 1.43 bits per heavy atom. The third kappa shape index (κ3) is 4.92. The molecule has 2 aliphatic heterocycles. The molecular weight excluding hydrogens is 584 g/mol. The maximum Gasteiger partial charge on any atom is 0.335 e. The fourth-order valence-electron chi connectivity index (χ4n) is 7.23. The highest BCUT2D eigenvalue weighted by Gasteiger charge is 2.47. The van der Waals surface area contributed by atoms with Crippen LogP contribution in [0.5, 0.6) is 0 Å². The van der Waals surface area contributed by atoms with Crippen molar-refractivity contribution in [3.8, 4) is 0 Å². The van der Waals surface area contributed by atoms with Gasteiger partial charge in [-0.1, -0.05) is 92.7 Å². The van der Waals surface area contributed by atoms with Crippen LogP contribution >= 0.6 is 0 Å². The molecule has 0 radical (unpaired) electrons. The standard InChI is InChI=1S/C41H36N2O4/c1-40(2)31-17-11-12-18-33(31)42(24-26-13-7-5-8-14-26)35(40)22-29-37(44)30(38(29)45)23-36-41(3,4)32-21-28(39(46)47)19-20-34(32)43(36)25-27-15-9-6-10-16-27/h5-23H,24-25H2,1-4H3,(H-,44,45,46,47)/p+1. The van der Waals surface area contributed by atoms with Gasteiger partial charge in [-0.15, -0.1) is 0 Å². The fraction of sp³-hybridized carbons (Fsp3) is 0.195. The topological polar surface area (TPSA) is 80.9 Å². The number of carbonyl (C=O) groups is 2. The molecule has 3 aliphatic rings. The second kappa shape index (κ2) is 11.1. The van der Waals surface area contributed by atoms with E-state index >= 15 is 0 Å². The molecule has 0 fully saturated rings. The molecule has 0 saturated heterocycles. The van der Waals surface area contributed by atoms with Gasteiger partial charge in [0.1, 0.15) is 5.76 Å². The highest BCUT2D eigenvalue weighted by molar-refractivity contribution is 6.24. The number of rotatable bonds is 7. The second-order valence-corrected chi connectivity index (χ2v) is 13.5. The van der Waals surface area contributed by atoms with Gasteiger partial charge in [0.15, 0.2) is 12.3 Å². The number of aromatic carboxylic acids is 1. The molecular formula is C41H37N2O4+. The quantitative estimate of drug-likeness (QED) is 0.161. The van der Waals surface area contributed by atoms with Crippen LogP contribution in [0.2, 0.25) is 0 Å². The Labute approximate surface area is 274 Å². The molecule has 47 heavy (non-hydrogen) atoms. The van der Waals surface area contributed by atoms with E-state index in [4.69, 9.17) is 0 Å². The van der Waals surface area contributed by atoms with Crippen molar-refractivity contribution in [1.82, 2.24) is 0 Å². The summed E-state index contributed by atoms with van der Waals surface area (Å²) in [5, 5.41) is 21.3. The number of hydrogen-bond acceptors (Lipinski definition) is 4. The highest BCUT2D eigenvalue weighted by atomic mass is 16.4. The lowest BCUT2D eigenvalue weighted by Crippen LogP contribution is -2.32. The lowest BCUT2D eigenvalue weighted by molar-refractivity contribution is -0.455. The van der Waals surface area contributed by atoms with Gasteiger partial charge in [0, 0.05) is 46.6 Å². The molecule has 2 N–H and O–H groups in total. The van der Waals surface area contributed by atoms with E-state index in [9.17, 15) is 19.8 Å². The van der Waals surface area contributed by atoms with Gasteiger partial charge >= 0.3 is 5.97 Å². The summed E-state index contributed by atoms with van der Waals surface area (Å²) in [6.45, 7) is 9.53. The number of ketones is 1. The number of allylic oxidation sites excluding steroid dienone is 5. The molecule has 0 saturated carbocycles. The van der Waals surface area contributed by atoms with Gasteiger partial charge in [0.2, 0.25) is 11.5 Å². The van der Waals surface area contributed by atoms with Gasteiger partial charge in [-0.3, -0.25) is 4.79 Å². The van der Waals surface area contributed by atoms with Crippen molar-refractivity contribution < 1.29 is 24.4 Å². The summed E-state index contributed by atoms with van der Waals surface area (Å²) in [4.78, 5) is 28.1. The van der Waals surface area contributed by atoms with E-state index in [1.54, 1.807) is 18.2 Å². The zero-order chi connectivity index (χ0) is 33.1.